The average Bonchev–Trinajstić information content (AvgIpc) is 3.11. The molecule has 0 heterocycles. The van der Waals surface area contributed by atoms with Crippen LogP contribution < -0.4 is 0 Å². The molecule has 0 spiro atoms. The lowest BCUT2D eigenvalue weighted by molar-refractivity contribution is 0.280. The third kappa shape index (κ3) is 39.1. The fourth-order valence-electron chi connectivity index (χ4n) is 5.17. The summed E-state index contributed by atoms with van der Waals surface area (Å²) in [7, 11) is 0. The summed E-state index contributed by atoms with van der Waals surface area (Å²) in [5.41, 5.74) is 0. The van der Waals surface area contributed by atoms with Gasteiger partial charge >= 0.3 is 0 Å². The largest absolute Gasteiger partial charge is 0.377 e. The van der Waals surface area contributed by atoms with Gasteiger partial charge < -0.3 is 15.3 Å². The Labute approximate surface area is 302 Å². The molecule has 0 aromatic carbocycles. The quantitative estimate of drug-likeness (QED) is 0.0406. The van der Waals surface area contributed by atoms with Gasteiger partial charge in [-0.15, -0.1) is 12.8 Å². The summed E-state index contributed by atoms with van der Waals surface area (Å²) in [4.78, 5) is 0. The summed E-state index contributed by atoms with van der Waals surface area (Å²) in [6.07, 6.45) is 58.1. The van der Waals surface area contributed by atoms with Gasteiger partial charge in [0, 0.05) is 6.42 Å². The van der Waals surface area contributed by atoms with Gasteiger partial charge in [-0.25, -0.2) is 0 Å². The Hall–Kier alpha value is -3.18. The first-order valence-corrected chi connectivity index (χ1v) is 19.3. The molecule has 0 aliphatic carbocycles. The summed E-state index contributed by atoms with van der Waals surface area (Å²) in [5, 5.41) is 28.4. The van der Waals surface area contributed by atoms with Gasteiger partial charge in [-0.3, -0.25) is 0 Å². The Balaban J connectivity index is 3.48. The summed E-state index contributed by atoms with van der Waals surface area (Å²) in [6.45, 7) is 0. The Morgan fingerprint density at radius 2 is 0.776 bits per heavy atom. The van der Waals surface area contributed by atoms with E-state index < -0.39 is 18.3 Å². The van der Waals surface area contributed by atoms with Crippen LogP contribution in [0.5, 0.6) is 0 Å². The first kappa shape index (κ1) is 45.8. The molecule has 0 rings (SSSR count). The molecule has 3 N–H and O–H groups in total. The lowest BCUT2D eigenvalue weighted by Crippen LogP contribution is -1.97. The van der Waals surface area contributed by atoms with E-state index >= 15 is 0 Å². The smallest absolute Gasteiger partial charge is 0.176 e. The second kappa shape index (κ2) is 39.3. The third-order valence-electron chi connectivity index (χ3n) is 8.13. The molecule has 0 unspecified atom stereocenters. The second-order valence-electron chi connectivity index (χ2n) is 12.7. The minimum Gasteiger partial charge on any atom is -0.377 e. The van der Waals surface area contributed by atoms with Gasteiger partial charge in [0.05, 0.1) is 0 Å². The SMILES string of the molecule is C#C[C@@H](O)/C=C/CCCCCCC#C[C@H](O)C#C/C=C/CC/C=C\CCCC/C=C\CCCCCCCCCCCCC/C=C/[C@@H](O)C#C. The van der Waals surface area contributed by atoms with Crippen LogP contribution in [0.3, 0.4) is 0 Å². The van der Waals surface area contributed by atoms with E-state index in [4.69, 9.17) is 12.8 Å². The number of rotatable bonds is 30. The Morgan fingerprint density at radius 3 is 1.24 bits per heavy atom. The molecule has 0 aliphatic heterocycles. The van der Waals surface area contributed by atoms with Crippen LogP contribution in [-0.4, -0.2) is 33.6 Å². The van der Waals surface area contributed by atoms with Crippen LogP contribution in [0.15, 0.2) is 60.8 Å². The average molecular weight is 669 g/mol. The van der Waals surface area contributed by atoms with E-state index in [-0.39, 0.29) is 0 Å². The minimum absolute atomic E-state index is 0.725. The standard InChI is InChI=1S/C46H68O3/c1-3-44(47)40-36-32-28-24-22-20-18-16-14-12-10-8-6-5-7-9-11-13-15-17-19-21-23-25-30-34-38-42-46(49)43-39-35-31-27-26-29-33-37-41-45(48)4-2/h1-2,7,9,19,21,30,34,36-37,40-41,44-49H,5-6,8,10-18,20,22-29,31-33,35H2/b9-7-,21-19-,34-30+,40-36+,41-37+/t44-,45+,46+/m0/s1. The topological polar surface area (TPSA) is 60.7 Å². The zero-order chi connectivity index (χ0) is 35.7. The highest BCUT2D eigenvalue weighted by Gasteiger charge is 1.95. The molecular formula is C46H68O3. The van der Waals surface area contributed by atoms with Crippen molar-refractivity contribution in [3.8, 4) is 48.4 Å². The van der Waals surface area contributed by atoms with E-state index in [2.05, 4.69) is 59.8 Å². The fourth-order valence-corrected chi connectivity index (χ4v) is 5.17. The highest BCUT2D eigenvalue weighted by atomic mass is 16.3. The maximum absolute atomic E-state index is 9.88. The highest BCUT2D eigenvalue weighted by molar-refractivity contribution is 5.24. The molecule has 0 saturated heterocycles. The number of allylic oxidation sites excluding steroid dienone is 8. The summed E-state index contributed by atoms with van der Waals surface area (Å²) in [5.74, 6) is 16.0. The Bertz CT molecular complexity index is 1100. The van der Waals surface area contributed by atoms with Gasteiger partial charge in [0.25, 0.3) is 0 Å². The van der Waals surface area contributed by atoms with Gasteiger partial charge in [0.1, 0.15) is 12.2 Å². The van der Waals surface area contributed by atoms with Crippen LogP contribution in [0.1, 0.15) is 161 Å². The minimum atomic E-state index is -0.887. The van der Waals surface area contributed by atoms with E-state index in [1.54, 1.807) is 12.2 Å². The van der Waals surface area contributed by atoms with Crippen LogP contribution in [0.25, 0.3) is 0 Å². The number of hydrogen-bond donors (Lipinski definition) is 3. The van der Waals surface area contributed by atoms with Crippen molar-refractivity contribution in [3.05, 3.63) is 60.8 Å². The fraction of sp³-hybridized carbons (Fsp3) is 0.609. The van der Waals surface area contributed by atoms with E-state index in [1.807, 2.05) is 24.3 Å². The zero-order valence-electron chi connectivity index (χ0n) is 30.7. The first-order valence-electron chi connectivity index (χ1n) is 19.3. The Morgan fingerprint density at radius 1 is 0.408 bits per heavy atom. The molecule has 0 aromatic rings. The van der Waals surface area contributed by atoms with Gasteiger partial charge in [-0.1, -0.05) is 149 Å². The third-order valence-corrected chi connectivity index (χ3v) is 8.13. The van der Waals surface area contributed by atoms with E-state index in [0.29, 0.717) is 0 Å². The Kier molecular flexibility index (Phi) is 36.7. The number of terminal acetylenes is 2. The van der Waals surface area contributed by atoms with Crippen LogP contribution in [0, 0.1) is 48.4 Å². The van der Waals surface area contributed by atoms with Crippen LogP contribution in [-0.2, 0) is 0 Å². The van der Waals surface area contributed by atoms with Crippen molar-refractivity contribution in [1.82, 2.24) is 0 Å². The summed E-state index contributed by atoms with van der Waals surface area (Å²) >= 11 is 0. The maximum atomic E-state index is 9.88. The molecule has 0 aromatic heterocycles. The van der Waals surface area contributed by atoms with E-state index in [0.717, 1.165) is 64.2 Å². The van der Waals surface area contributed by atoms with E-state index in [1.165, 1.54) is 96.3 Å². The van der Waals surface area contributed by atoms with Crippen molar-refractivity contribution >= 4 is 0 Å². The number of aliphatic hydroxyl groups excluding tert-OH is 3. The molecule has 0 saturated carbocycles. The molecule has 270 valence electrons. The molecule has 3 heteroatoms. The first-order chi connectivity index (χ1) is 24.1. The molecule has 0 radical (unpaired) electrons. The second-order valence-corrected chi connectivity index (χ2v) is 12.7. The predicted molar refractivity (Wildman–Crippen MR) is 212 cm³/mol. The van der Waals surface area contributed by atoms with Gasteiger partial charge in [0.15, 0.2) is 6.10 Å². The summed E-state index contributed by atoms with van der Waals surface area (Å²) in [6, 6.07) is 0. The van der Waals surface area contributed by atoms with Crippen molar-refractivity contribution in [3.63, 3.8) is 0 Å². The number of unbranched alkanes of at least 4 members (excludes halogenated alkanes) is 21. The monoisotopic (exact) mass is 669 g/mol. The lowest BCUT2D eigenvalue weighted by Gasteiger charge is -2.02. The van der Waals surface area contributed by atoms with Crippen LogP contribution >= 0.6 is 0 Å². The molecule has 3 nitrogen and oxygen atoms in total. The molecule has 3 atom stereocenters. The number of aliphatic hydroxyl groups is 3. The van der Waals surface area contributed by atoms with Crippen molar-refractivity contribution in [2.75, 3.05) is 0 Å². The summed E-state index contributed by atoms with van der Waals surface area (Å²) < 4.78 is 0. The van der Waals surface area contributed by atoms with Crippen molar-refractivity contribution < 1.29 is 15.3 Å². The van der Waals surface area contributed by atoms with Crippen LogP contribution in [0.2, 0.25) is 0 Å². The van der Waals surface area contributed by atoms with Crippen LogP contribution in [0.4, 0.5) is 0 Å². The molecule has 0 amide bonds. The van der Waals surface area contributed by atoms with Gasteiger partial charge in [-0.05, 0) is 102 Å². The maximum Gasteiger partial charge on any atom is 0.176 e. The molecular weight excluding hydrogens is 601 g/mol. The van der Waals surface area contributed by atoms with Crippen molar-refractivity contribution in [2.24, 2.45) is 0 Å². The van der Waals surface area contributed by atoms with Gasteiger partial charge in [0.2, 0.25) is 0 Å². The molecule has 0 aliphatic rings. The molecule has 49 heavy (non-hydrogen) atoms. The van der Waals surface area contributed by atoms with Crippen molar-refractivity contribution in [2.45, 2.75) is 179 Å². The zero-order valence-corrected chi connectivity index (χ0v) is 30.7. The number of hydrogen-bond acceptors (Lipinski definition) is 3. The highest BCUT2D eigenvalue weighted by Crippen LogP contribution is 2.13. The molecule has 0 fully saturated rings. The van der Waals surface area contributed by atoms with Crippen molar-refractivity contribution in [1.29, 1.82) is 0 Å². The predicted octanol–water partition coefficient (Wildman–Crippen LogP) is 10.9. The molecule has 0 bridgehead atoms. The van der Waals surface area contributed by atoms with Gasteiger partial charge in [-0.2, -0.15) is 0 Å². The normalized spacial score (nSPS) is 13.4. The van der Waals surface area contributed by atoms with E-state index in [9.17, 15) is 15.3 Å². The lowest BCUT2D eigenvalue weighted by atomic mass is 10.0.